The van der Waals surface area contributed by atoms with E-state index in [-0.39, 0.29) is 6.03 Å². The van der Waals surface area contributed by atoms with Crippen molar-refractivity contribution in [1.29, 1.82) is 0 Å². The quantitative estimate of drug-likeness (QED) is 0.921. The first-order chi connectivity index (χ1) is 9.13. The van der Waals surface area contributed by atoms with Gasteiger partial charge in [-0.3, -0.25) is 4.90 Å². The van der Waals surface area contributed by atoms with Gasteiger partial charge in [-0.25, -0.2) is 4.79 Å². The number of hydrogen-bond acceptors (Lipinski definition) is 2. The second-order valence-electron chi connectivity index (χ2n) is 4.72. The number of nitrogens with one attached hydrogen (secondary N) is 1. The van der Waals surface area contributed by atoms with Crippen molar-refractivity contribution in [2.75, 3.05) is 31.5 Å². The minimum atomic E-state index is -0.0364. The molecule has 2 amide bonds. The van der Waals surface area contributed by atoms with E-state index in [1.54, 1.807) is 12.1 Å². The highest BCUT2D eigenvalue weighted by Gasteiger charge is 2.33. The van der Waals surface area contributed by atoms with E-state index in [2.05, 4.69) is 24.1 Å². The maximum Gasteiger partial charge on any atom is 0.321 e. The van der Waals surface area contributed by atoms with Crippen molar-refractivity contribution < 1.29 is 4.79 Å². The van der Waals surface area contributed by atoms with Crippen molar-refractivity contribution in [2.24, 2.45) is 0 Å². The molecule has 0 atom stereocenters. The van der Waals surface area contributed by atoms with E-state index in [1.807, 2.05) is 17.0 Å². The van der Waals surface area contributed by atoms with E-state index in [1.165, 1.54) is 0 Å². The van der Waals surface area contributed by atoms with Crippen LogP contribution in [0, 0.1) is 0 Å². The Hall–Kier alpha value is -1.26. The van der Waals surface area contributed by atoms with E-state index < -0.39 is 0 Å². The number of hydrogen-bond donors (Lipinski definition) is 1. The normalized spacial score (nSPS) is 15.5. The second kappa shape index (κ2) is 6.26. The highest BCUT2D eigenvalue weighted by molar-refractivity contribution is 6.30. The molecular formula is C14H20ClN3O. The monoisotopic (exact) mass is 281 g/mol. The Morgan fingerprint density at radius 3 is 2.42 bits per heavy atom. The molecule has 1 heterocycles. The predicted molar refractivity (Wildman–Crippen MR) is 78.8 cm³/mol. The molecule has 1 aliphatic rings. The van der Waals surface area contributed by atoms with Gasteiger partial charge in [0.05, 0.1) is 0 Å². The summed E-state index contributed by atoms with van der Waals surface area (Å²) < 4.78 is 0. The van der Waals surface area contributed by atoms with Gasteiger partial charge in [-0.1, -0.05) is 25.4 Å². The molecule has 0 aliphatic carbocycles. The van der Waals surface area contributed by atoms with Crippen molar-refractivity contribution in [3.8, 4) is 0 Å². The van der Waals surface area contributed by atoms with Crippen LogP contribution < -0.4 is 5.32 Å². The van der Waals surface area contributed by atoms with E-state index in [4.69, 9.17) is 11.6 Å². The summed E-state index contributed by atoms with van der Waals surface area (Å²) in [6.45, 7) is 7.99. The van der Waals surface area contributed by atoms with E-state index >= 15 is 0 Å². The van der Waals surface area contributed by atoms with Crippen molar-refractivity contribution in [3.63, 3.8) is 0 Å². The maximum absolute atomic E-state index is 12.0. The summed E-state index contributed by atoms with van der Waals surface area (Å²) in [5.74, 6) is 0. The molecule has 1 aliphatic heterocycles. The molecule has 19 heavy (non-hydrogen) atoms. The van der Waals surface area contributed by atoms with Crippen molar-refractivity contribution in [1.82, 2.24) is 9.80 Å². The second-order valence-corrected chi connectivity index (χ2v) is 5.15. The van der Waals surface area contributed by atoms with Crippen LogP contribution >= 0.6 is 11.6 Å². The van der Waals surface area contributed by atoms with Crippen LogP contribution in [0.4, 0.5) is 10.5 Å². The first-order valence-electron chi connectivity index (χ1n) is 6.69. The fourth-order valence-corrected chi connectivity index (χ4v) is 2.45. The van der Waals surface area contributed by atoms with Gasteiger partial charge in [-0.05, 0) is 37.4 Å². The summed E-state index contributed by atoms with van der Waals surface area (Å²) >= 11 is 5.81. The molecule has 0 saturated carbocycles. The SMILES string of the molecule is CCN(CC)C1CN(C(=O)Nc2ccc(Cl)cc2)C1. The van der Waals surface area contributed by atoms with Crippen molar-refractivity contribution in [3.05, 3.63) is 29.3 Å². The predicted octanol–water partition coefficient (Wildman–Crippen LogP) is 2.90. The summed E-state index contributed by atoms with van der Waals surface area (Å²) in [4.78, 5) is 16.2. The third-order valence-corrected chi connectivity index (χ3v) is 3.83. The number of halogens is 1. The molecule has 104 valence electrons. The molecular weight excluding hydrogens is 262 g/mol. The molecule has 1 aromatic carbocycles. The standard InChI is InChI=1S/C14H20ClN3O/c1-3-17(4-2)13-9-18(10-13)14(19)16-12-7-5-11(15)6-8-12/h5-8,13H,3-4,9-10H2,1-2H3,(H,16,19). The van der Waals surface area contributed by atoms with Crippen LogP contribution in [0.5, 0.6) is 0 Å². The largest absolute Gasteiger partial charge is 0.321 e. The van der Waals surface area contributed by atoms with Gasteiger partial charge in [0.15, 0.2) is 0 Å². The van der Waals surface area contributed by atoms with E-state index in [0.29, 0.717) is 11.1 Å². The summed E-state index contributed by atoms with van der Waals surface area (Å²) in [5, 5.41) is 3.55. The van der Waals surface area contributed by atoms with Crippen molar-refractivity contribution in [2.45, 2.75) is 19.9 Å². The summed E-state index contributed by atoms with van der Waals surface area (Å²) in [7, 11) is 0. The smallest absolute Gasteiger partial charge is 0.321 e. The first kappa shape index (κ1) is 14.2. The van der Waals surface area contributed by atoms with Crippen LogP contribution in [0.2, 0.25) is 5.02 Å². The number of likely N-dealkylation sites (N-methyl/N-ethyl adjacent to an activating group) is 1. The van der Waals surface area contributed by atoms with Crippen LogP contribution in [-0.2, 0) is 0 Å². The molecule has 1 saturated heterocycles. The Bertz CT molecular complexity index is 425. The Kier molecular flexibility index (Phi) is 4.66. The van der Waals surface area contributed by atoms with Crippen LogP contribution in [0.25, 0.3) is 0 Å². The minimum absolute atomic E-state index is 0.0364. The Morgan fingerprint density at radius 2 is 1.89 bits per heavy atom. The third-order valence-electron chi connectivity index (χ3n) is 3.57. The molecule has 2 rings (SSSR count). The molecule has 1 aromatic rings. The lowest BCUT2D eigenvalue weighted by Crippen LogP contribution is -2.61. The molecule has 0 spiro atoms. The molecule has 5 heteroatoms. The van der Waals surface area contributed by atoms with Gasteiger partial charge >= 0.3 is 6.03 Å². The van der Waals surface area contributed by atoms with Gasteiger partial charge < -0.3 is 10.2 Å². The minimum Gasteiger partial charge on any atom is -0.321 e. The zero-order valence-electron chi connectivity index (χ0n) is 11.4. The third kappa shape index (κ3) is 3.39. The van der Waals surface area contributed by atoms with Crippen LogP contribution in [0.1, 0.15) is 13.8 Å². The van der Waals surface area contributed by atoms with Gasteiger partial charge in [-0.15, -0.1) is 0 Å². The number of anilines is 1. The molecule has 4 nitrogen and oxygen atoms in total. The lowest BCUT2D eigenvalue weighted by Gasteiger charge is -2.44. The molecule has 0 unspecified atom stereocenters. The number of rotatable bonds is 4. The Labute approximate surface area is 119 Å². The lowest BCUT2D eigenvalue weighted by molar-refractivity contribution is 0.0685. The number of urea groups is 1. The maximum atomic E-state index is 12.0. The van der Waals surface area contributed by atoms with Crippen molar-refractivity contribution >= 4 is 23.3 Å². The zero-order chi connectivity index (χ0) is 13.8. The van der Waals surface area contributed by atoms with Crippen LogP contribution in [0.15, 0.2) is 24.3 Å². The zero-order valence-corrected chi connectivity index (χ0v) is 12.2. The fraction of sp³-hybridized carbons (Fsp3) is 0.500. The van der Waals surface area contributed by atoms with Gasteiger partial charge in [-0.2, -0.15) is 0 Å². The van der Waals surface area contributed by atoms with Gasteiger partial charge in [0.2, 0.25) is 0 Å². The number of carbonyl (C=O) groups is 1. The van der Waals surface area contributed by atoms with Gasteiger partial charge in [0, 0.05) is 29.8 Å². The number of likely N-dealkylation sites (tertiary alicyclic amines) is 1. The first-order valence-corrected chi connectivity index (χ1v) is 7.07. The Morgan fingerprint density at radius 1 is 1.32 bits per heavy atom. The van der Waals surface area contributed by atoms with Crippen LogP contribution in [0.3, 0.4) is 0 Å². The molecule has 0 aromatic heterocycles. The molecule has 1 fully saturated rings. The number of benzene rings is 1. The summed E-state index contributed by atoms with van der Waals surface area (Å²) in [6, 6.07) is 7.62. The average molecular weight is 282 g/mol. The Balaban J connectivity index is 1.82. The van der Waals surface area contributed by atoms with Gasteiger partial charge in [0.1, 0.15) is 0 Å². The van der Waals surface area contributed by atoms with E-state index in [0.717, 1.165) is 31.9 Å². The fourth-order valence-electron chi connectivity index (χ4n) is 2.33. The lowest BCUT2D eigenvalue weighted by atomic mass is 10.1. The number of nitrogens with zero attached hydrogens (tertiary/aromatic N) is 2. The summed E-state index contributed by atoms with van der Waals surface area (Å²) in [6.07, 6.45) is 0. The van der Waals surface area contributed by atoms with Gasteiger partial charge in [0.25, 0.3) is 0 Å². The molecule has 0 radical (unpaired) electrons. The molecule has 1 N–H and O–H groups in total. The number of amides is 2. The molecule has 0 bridgehead atoms. The highest BCUT2D eigenvalue weighted by atomic mass is 35.5. The highest BCUT2D eigenvalue weighted by Crippen LogP contribution is 2.18. The van der Waals surface area contributed by atoms with Crippen LogP contribution in [-0.4, -0.2) is 48.1 Å². The average Bonchev–Trinajstić information content (AvgIpc) is 2.35. The summed E-state index contributed by atoms with van der Waals surface area (Å²) in [5.41, 5.74) is 0.778. The number of carbonyl (C=O) groups excluding carboxylic acids is 1. The topological polar surface area (TPSA) is 35.6 Å². The van der Waals surface area contributed by atoms with E-state index in [9.17, 15) is 4.79 Å².